The summed E-state index contributed by atoms with van der Waals surface area (Å²) in [5.74, 6) is 0.230. The van der Waals surface area contributed by atoms with Crippen molar-refractivity contribution < 1.29 is 14.7 Å². The Labute approximate surface area is 183 Å². The van der Waals surface area contributed by atoms with E-state index < -0.39 is 5.54 Å². The number of benzene rings is 1. The largest absolute Gasteiger partial charge is 0.508 e. The molecule has 2 saturated heterocycles. The number of hydrogen-bond donors (Lipinski definition) is 1. The summed E-state index contributed by atoms with van der Waals surface area (Å²) in [6.45, 7) is 5.25. The zero-order valence-electron chi connectivity index (χ0n) is 18.0. The lowest BCUT2D eigenvalue weighted by molar-refractivity contribution is -0.135. The molecule has 3 heterocycles. The number of amides is 3. The number of phenolic OH excluding ortho intramolecular Hbond substituents is 1. The van der Waals surface area contributed by atoms with Gasteiger partial charge in [-0.2, -0.15) is 0 Å². The molecule has 1 spiro atoms. The third-order valence-electron chi connectivity index (χ3n) is 6.53. The molecular formula is C24H30N4O3. The minimum Gasteiger partial charge on any atom is -0.508 e. The molecule has 2 fully saturated rings. The highest BCUT2D eigenvalue weighted by Gasteiger charge is 2.57. The quantitative estimate of drug-likeness (QED) is 0.694. The Morgan fingerprint density at radius 2 is 1.81 bits per heavy atom. The van der Waals surface area contributed by atoms with Gasteiger partial charge in [0.2, 0.25) is 0 Å². The van der Waals surface area contributed by atoms with Gasteiger partial charge in [0.15, 0.2) is 0 Å². The van der Waals surface area contributed by atoms with Crippen LogP contribution >= 0.6 is 0 Å². The van der Waals surface area contributed by atoms with Crippen molar-refractivity contribution in [2.24, 2.45) is 0 Å². The summed E-state index contributed by atoms with van der Waals surface area (Å²) in [5.41, 5.74) is 1.55. The molecule has 7 heteroatoms. The van der Waals surface area contributed by atoms with Crippen molar-refractivity contribution in [3.8, 4) is 5.75 Å². The van der Waals surface area contributed by atoms with Crippen LogP contribution in [0.1, 0.15) is 37.3 Å². The molecule has 2 aromatic rings. The summed E-state index contributed by atoms with van der Waals surface area (Å²) in [5, 5.41) is 9.47. The molecule has 0 aliphatic carbocycles. The summed E-state index contributed by atoms with van der Waals surface area (Å²) in [7, 11) is 0. The predicted molar refractivity (Wildman–Crippen MR) is 117 cm³/mol. The molecule has 0 bridgehead atoms. The molecule has 4 rings (SSSR count). The van der Waals surface area contributed by atoms with Crippen LogP contribution in [0.5, 0.6) is 5.75 Å². The van der Waals surface area contributed by atoms with Gasteiger partial charge in [0, 0.05) is 45.1 Å². The maximum absolute atomic E-state index is 13.4. The minimum absolute atomic E-state index is 0.0326. The molecule has 2 aliphatic rings. The summed E-state index contributed by atoms with van der Waals surface area (Å²) >= 11 is 0. The standard InChI is InChI=1S/C24H30N4O3/c1-2-28-23(31)27(14-4-6-19-5-3-13-25-17-19)22(30)24(28)11-15-26(16-12-24)18-20-7-9-21(29)10-8-20/h3,5,7-10,13,17,29H,2,4,6,11-12,14-16,18H2,1H3. The van der Waals surface area contributed by atoms with E-state index in [4.69, 9.17) is 0 Å². The van der Waals surface area contributed by atoms with Gasteiger partial charge in [-0.3, -0.25) is 19.6 Å². The van der Waals surface area contributed by atoms with E-state index in [1.165, 1.54) is 4.90 Å². The number of likely N-dealkylation sites (N-methyl/N-ethyl adjacent to an activating group) is 1. The number of nitrogens with zero attached hydrogens (tertiary/aromatic N) is 4. The molecule has 1 aromatic heterocycles. The van der Waals surface area contributed by atoms with Crippen LogP contribution in [0.25, 0.3) is 0 Å². The molecule has 0 unspecified atom stereocenters. The number of pyridine rings is 1. The second-order valence-corrected chi connectivity index (χ2v) is 8.42. The molecule has 164 valence electrons. The molecule has 0 saturated carbocycles. The zero-order valence-corrected chi connectivity index (χ0v) is 18.0. The van der Waals surface area contributed by atoms with Crippen LogP contribution < -0.4 is 0 Å². The molecule has 1 N–H and O–H groups in total. The van der Waals surface area contributed by atoms with Crippen molar-refractivity contribution in [2.45, 2.75) is 44.7 Å². The second kappa shape index (κ2) is 9.06. The first kappa shape index (κ1) is 21.3. The topological polar surface area (TPSA) is 77.0 Å². The Bertz CT molecular complexity index is 908. The first-order valence-corrected chi connectivity index (χ1v) is 11.1. The lowest BCUT2D eigenvalue weighted by Crippen LogP contribution is -2.56. The maximum Gasteiger partial charge on any atom is 0.327 e. The molecule has 7 nitrogen and oxygen atoms in total. The van der Waals surface area contributed by atoms with Gasteiger partial charge in [-0.05, 0) is 61.9 Å². The van der Waals surface area contributed by atoms with E-state index in [9.17, 15) is 14.7 Å². The Morgan fingerprint density at radius 1 is 1.06 bits per heavy atom. The van der Waals surface area contributed by atoms with Gasteiger partial charge >= 0.3 is 6.03 Å². The van der Waals surface area contributed by atoms with Gasteiger partial charge < -0.3 is 10.0 Å². The van der Waals surface area contributed by atoms with E-state index >= 15 is 0 Å². The van der Waals surface area contributed by atoms with Crippen molar-refractivity contribution in [3.05, 3.63) is 59.9 Å². The van der Waals surface area contributed by atoms with E-state index in [0.717, 1.165) is 43.6 Å². The molecular weight excluding hydrogens is 392 g/mol. The van der Waals surface area contributed by atoms with E-state index in [0.29, 0.717) is 25.9 Å². The average molecular weight is 423 g/mol. The number of aromatic hydroxyl groups is 1. The van der Waals surface area contributed by atoms with E-state index in [1.807, 2.05) is 37.4 Å². The van der Waals surface area contributed by atoms with Gasteiger partial charge in [0.05, 0.1) is 0 Å². The monoisotopic (exact) mass is 422 g/mol. The fourth-order valence-corrected chi connectivity index (χ4v) is 4.83. The third kappa shape index (κ3) is 4.28. The van der Waals surface area contributed by atoms with Crippen molar-refractivity contribution in [2.75, 3.05) is 26.2 Å². The van der Waals surface area contributed by atoms with Crippen LogP contribution in [0.15, 0.2) is 48.8 Å². The number of carbonyl (C=O) groups is 2. The van der Waals surface area contributed by atoms with Gasteiger partial charge in [-0.1, -0.05) is 18.2 Å². The Hall–Kier alpha value is -2.93. The molecule has 0 radical (unpaired) electrons. The van der Waals surface area contributed by atoms with Crippen LogP contribution in [0.3, 0.4) is 0 Å². The Morgan fingerprint density at radius 3 is 2.45 bits per heavy atom. The van der Waals surface area contributed by atoms with Crippen molar-refractivity contribution >= 4 is 11.9 Å². The normalized spacial score (nSPS) is 18.9. The van der Waals surface area contributed by atoms with Gasteiger partial charge in [-0.15, -0.1) is 0 Å². The Kier molecular flexibility index (Phi) is 6.23. The highest BCUT2D eigenvalue weighted by Crippen LogP contribution is 2.37. The van der Waals surface area contributed by atoms with Gasteiger partial charge in [-0.25, -0.2) is 4.79 Å². The summed E-state index contributed by atoms with van der Waals surface area (Å²) in [6.07, 6.45) is 6.42. The van der Waals surface area contributed by atoms with Crippen LogP contribution in [0, 0.1) is 0 Å². The van der Waals surface area contributed by atoms with Crippen molar-refractivity contribution in [1.29, 1.82) is 0 Å². The maximum atomic E-state index is 13.4. The number of aryl methyl sites for hydroxylation is 1. The van der Waals surface area contributed by atoms with Crippen molar-refractivity contribution in [3.63, 3.8) is 0 Å². The lowest BCUT2D eigenvalue weighted by Gasteiger charge is -2.42. The first-order valence-electron chi connectivity index (χ1n) is 11.1. The number of imide groups is 1. The van der Waals surface area contributed by atoms with Gasteiger partial charge in [0.1, 0.15) is 11.3 Å². The smallest absolute Gasteiger partial charge is 0.327 e. The number of carbonyl (C=O) groups excluding carboxylic acids is 2. The highest BCUT2D eigenvalue weighted by atomic mass is 16.3. The van der Waals surface area contributed by atoms with E-state index in [1.54, 1.807) is 23.2 Å². The number of rotatable bonds is 7. The highest BCUT2D eigenvalue weighted by molar-refractivity contribution is 6.07. The SMILES string of the molecule is CCN1C(=O)N(CCCc2cccnc2)C(=O)C12CCN(Cc1ccc(O)cc1)CC2. The predicted octanol–water partition coefficient (Wildman–Crippen LogP) is 3.04. The zero-order chi connectivity index (χ0) is 21.8. The summed E-state index contributed by atoms with van der Waals surface area (Å²) < 4.78 is 0. The molecule has 0 atom stereocenters. The number of hydrogen-bond acceptors (Lipinski definition) is 5. The van der Waals surface area contributed by atoms with Gasteiger partial charge in [0.25, 0.3) is 5.91 Å². The van der Waals surface area contributed by atoms with Crippen LogP contribution in [-0.4, -0.2) is 68.4 Å². The average Bonchev–Trinajstić information content (AvgIpc) is 2.98. The van der Waals surface area contributed by atoms with Crippen LogP contribution in [-0.2, 0) is 17.8 Å². The second-order valence-electron chi connectivity index (χ2n) is 8.42. The lowest BCUT2D eigenvalue weighted by atomic mass is 9.85. The number of phenols is 1. The number of piperidine rings is 1. The fraction of sp³-hybridized carbons (Fsp3) is 0.458. The molecule has 2 aliphatic heterocycles. The molecule has 3 amide bonds. The molecule has 1 aromatic carbocycles. The fourth-order valence-electron chi connectivity index (χ4n) is 4.83. The van der Waals surface area contributed by atoms with E-state index in [2.05, 4.69) is 9.88 Å². The summed E-state index contributed by atoms with van der Waals surface area (Å²) in [6, 6.07) is 11.0. The first-order chi connectivity index (χ1) is 15.0. The number of likely N-dealkylation sites (tertiary alicyclic amines) is 1. The third-order valence-corrected chi connectivity index (χ3v) is 6.53. The minimum atomic E-state index is -0.703. The summed E-state index contributed by atoms with van der Waals surface area (Å²) in [4.78, 5) is 36.2. The number of urea groups is 1. The molecule has 31 heavy (non-hydrogen) atoms. The van der Waals surface area contributed by atoms with Crippen LogP contribution in [0.4, 0.5) is 4.79 Å². The Balaban J connectivity index is 1.38. The number of aromatic nitrogens is 1. The van der Waals surface area contributed by atoms with Crippen molar-refractivity contribution in [1.82, 2.24) is 19.7 Å². The van der Waals surface area contributed by atoms with E-state index in [-0.39, 0.29) is 17.7 Å². The van der Waals surface area contributed by atoms with Crippen LogP contribution in [0.2, 0.25) is 0 Å².